The predicted molar refractivity (Wildman–Crippen MR) is 278 cm³/mol. The molecule has 3 saturated carbocycles. The van der Waals surface area contributed by atoms with Crippen molar-refractivity contribution < 1.29 is 144 Å². The average Bonchev–Trinajstić information content (AvgIpc) is 1.59. The van der Waals surface area contributed by atoms with E-state index in [1.54, 1.807) is 0 Å². The second kappa shape index (κ2) is 25.2. The third-order valence-corrected chi connectivity index (χ3v) is 21.6. The van der Waals surface area contributed by atoms with Crippen LogP contribution >= 0.6 is 0 Å². The Bertz CT molecular complexity index is 2280. The minimum atomic E-state index is -2.22. The van der Waals surface area contributed by atoms with Crippen molar-refractivity contribution in [3.63, 3.8) is 0 Å². The fourth-order valence-electron chi connectivity index (χ4n) is 16.8. The van der Waals surface area contributed by atoms with Crippen LogP contribution < -0.4 is 0 Å². The zero-order valence-corrected chi connectivity index (χ0v) is 47.9. The first kappa shape index (κ1) is 65.1. The van der Waals surface area contributed by atoms with Gasteiger partial charge < -0.3 is 144 Å². The minimum Gasteiger partial charge on any atom is -0.394 e. The molecule has 11 aliphatic rings. The van der Waals surface area contributed by atoms with E-state index >= 15 is 0 Å². The lowest BCUT2D eigenvalue weighted by Gasteiger charge is -2.59. The van der Waals surface area contributed by atoms with E-state index in [-0.39, 0.29) is 54.0 Å². The Morgan fingerprint density at radius 3 is 1.73 bits per heavy atom. The third kappa shape index (κ3) is 11.2. The number of fused-ring (bicyclic) bond motifs is 7. The number of aliphatic hydroxyl groups excluding tert-OH is 17. The van der Waals surface area contributed by atoms with Gasteiger partial charge in [-0.15, -0.1) is 0 Å². The first-order chi connectivity index (χ1) is 40.3. The molecule has 29 nitrogen and oxygen atoms in total. The van der Waals surface area contributed by atoms with E-state index in [9.17, 15) is 86.8 Å². The van der Waals surface area contributed by atoms with Crippen LogP contribution in [-0.2, 0) is 56.8 Å². The molecule has 37 atom stereocenters. The average molecular weight is 1230 g/mol. The highest BCUT2D eigenvalue weighted by Gasteiger charge is 2.72. The molecule has 4 aliphatic carbocycles. The first-order valence-electron chi connectivity index (χ1n) is 30.1. The van der Waals surface area contributed by atoms with Gasteiger partial charge in [0.1, 0.15) is 116 Å². The zero-order valence-electron chi connectivity index (χ0n) is 47.9. The molecule has 7 saturated heterocycles. The lowest BCUT2D eigenvalue weighted by atomic mass is 9.46. The quantitative estimate of drug-likeness (QED) is 0.0719. The largest absolute Gasteiger partial charge is 0.394 e. The van der Waals surface area contributed by atoms with Gasteiger partial charge in [-0.1, -0.05) is 39.3 Å². The Labute approximate surface area is 490 Å². The Balaban J connectivity index is 0.807. The maximum atomic E-state index is 12.3. The van der Waals surface area contributed by atoms with E-state index < -0.39 is 210 Å². The van der Waals surface area contributed by atoms with E-state index in [0.717, 1.165) is 31.3 Å². The van der Waals surface area contributed by atoms with Gasteiger partial charge in [0, 0.05) is 18.3 Å². The molecule has 7 heterocycles. The lowest BCUT2D eigenvalue weighted by Crippen LogP contribution is -2.69. The summed E-state index contributed by atoms with van der Waals surface area (Å²) in [5.74, 6) is 0.0964. The van der Waals surface area contributed by atoms with Crippen LogP contribution in [0.3, 0.4) is 0 Å². The fraction of sp³-hybridized carbons (Fsp3) is 0.964. The van der Waals surface area contributed by atoms with Gasteiger partial charge in [0.15, 0.2) is 37.2 Å². The zero-order chi connectivity index (χ0) is 61.1. The van der Waals surface area contributed by atoms with Gasteiger partial charge in [-0.25, -0.2) is 0 Å². The summed E-state index contributed by atoms with van der Waals surface area (Å²) in [5, 5.41) is 188. The molecule has 0 aromatic carbocycles. The molecule has 0 unspecified atom stereocenters. The lowest BCUT2D eigenvalue weighted by molar-refractivity contribution is -0.409. The summed E-state index contributed by atoms with van der Waals surface area (Å²) in [7, 11) is 0. The summed E-state index contributed by atoms with van der Waals surface area (Å²) in [6, 6.07) is 0. The molecule has 7 aliphatic heterocycles. The summed E-state index contributed by atoms with van der Waals surface area (Å²) >= 11 is 0. The number of hydrogen-bond acceptors (Lipinski definition) is 29. The number of hydrogen-bond donors (Lipinski definition) is 17. The summed E-state index contributed by atoms with van der Waals surface area (Å²) in [4.78, 5) is 0. The molecular weight excluding hydrogens is 1140 g/mol. The Morgan fingerprint density at radius 2 is 1.07 bits per heavy atom. The third-order valence-electron chi connectivity index (χ3n) is 21.6. The molecule has 17 N–H and O–H groups in total. The monoisotopic (exact) mass is 1230 g/mol. The van der Waals surface area contributed by atoms with Crippen molar-refractivity contribution in [1.29, 1.82) is 0 Å². The van der Waals surface area contributed by atoms with Crippen molar-refractivity contribution in [2.45, 2.75) is 250 Å². The number of allylic oxidation sites excluding steroid dienone is 1. The van der Waals surface area contributed by atoms with Crippen LogP contribution in [0.1, 0.15) is 72.6 Å². The molecule has 85 heavy (non-hydrogen) atoms. The van der Waals surface area contributed by atoms with Gasteiger partial charge in [-0.05, 0) is 73.0 Å². The molecule has 11 rings (SSSR count). The van der Waals surface area contributed by atoms with E-state index in [4.69, 9.17) is 56.8 Å². The maximum Gasteiger partial charge on any atom is 0.187 e. The fourth-order valence-corrected chi connectivity index (χ4v) is 16.8. The molecule has 10 fully saturated rings. The SMILES string of the molecule is C[C@@H]1CC[C@@]2(OC1)O[C@H]1[C@@H](O)[C@H]3[C@@H]4CC=C5C[C@@H](O[C@@H]6O[C@H](CO)[C@H](O[C@@H]7O[C@H](CO)[C@@H](O)[C@H](O[C@@H]8OC[C@@H](O)[C@H](O)[C@H]8O)[C@H]7O[C@@H]7O[C@H](CO)[C@@H](O)[C@H](O[C@@H]8O[C@H](CO)[C@@H](O)[C@H](O)[C@H]8O)[C@H]7O)[C@H](O)[C@H]6O)[C@H](O)C[C@]5(C)[C@H]4CC[C@]3(C)[C@H]1[C@@H]2C. The highest BCUT2D eigenvalue weighted by atomic mass is 16.8. The molecule has 0 aromatic heterocycles. The highest BCUT2D eigenvalue weighted by Crippen LogP contribution is 2.71. The topological polar surface area (TPSA) is 455 Å². The van der Waals surface area contributed by atoms with Gasteiger partial charge in [0.05, 0.1) is 64.1 Å². The van der Waals surface area contributed by atoms with Gasteiger partial charge in [0.2, 0.25) is 0 Å². The standard InChI is InChI=1S/C56H90O29/c1-19-7-10-56(75-17-19)20(2)31-45(85-56)37(67)32-22-6-5-21-11-26(24(61)12-55(21,4)23(22)8-9-54(31,32)3)76-50-42(72)39(69)44(30(16-60)80-50)81-53-48(47(36(66)29(15-59)79-53)83-49-40(70)33(63)25(62)18-74-49)84-52-43(73)46(35(65)28(14-58)78-52)82-51-41(71)38(68)34(64)27(13-57)77-51/h5,19-20,22-53,57-73H,6-18H2,1-4H3/t19-,20+,22-,23+,24-,25-,26-,27-,28-,29-,30-,31+,32-,33+,34-,35-,36-,37+,38+,39-,40-,41-,42-,43-,44+,45-,46+,47+,48-,49+,50-,51+,52+,53+,54-,55+,56-/m1/s1. The molecule has 488 valence electrons. The van der Waals surface area contributed by atoms with Crippen molar-refractivity contribution in [2.75, 3.05) is 39.6 Å². The maximum absolute atomic E-state index is 12.3. The molecule has 1 spiro atoms. The minimum absolute atomic E-state index is 0.0521. The van der Waals surface area contributed by atoms with E-state index in [2.05, 4.69) is 33.8 Å². The van der Waals surface area contributed by atoms with E-state index in [0.29, 0.717) is 18.9 Å². The van der Waals surface area contributed by atoms with Crippen molar-refractivity contribution in [3.05, 3.63) is 11.6 Å². The predicted octanol–water partition coefficient (Wildman–Crippen LogP) is -6.58. The van der Waals surface area contributed by atoms with E-state index in [1.165, 1.54) is 0 Å². The van der Waals surface area contributed by atoms with Crippen molar-refractivity contribution in [3.8, 4) is 0 Å². The van der Waals surface area contributed by atoms with Crippen molar-refractivity contribution in [2.24, 2.45) is 46.3 Å². The summed E-state index contributed by atoms with van der Waals surface area (Å²) in [6.45, 7) is 5.08. The van der Waals surface area contributed by atoms with Crippen molar-refractivity contribution in [1.82, 2.24) is 0 Å². The Kier molecular flexibility index (Phi) is 19.3. The van der Waals surface area contributed by atoms with Crippen molar-refractivity contribution >= 4 is 0 Å². The smallest absolute Gasteiger partial charge is 0.187 e. The molecule has 0 amide bonds. The van der Waals surface area contributed by atoms with Gasteiger partial charge in [0.25, 0.3) is 0 Å². The number of aliphatic hydroxyl groups is 17. The van der Waals surface area contributed by atoms with Gasteiger partial charge >= 0.3 is 0 Å². The normalized spacial score (nSPS) is 57.1. The second-order valence-corrected chi connectivity index (χ2v) is 26.5. The van der Waals surface area contributed by atoms with Crippen LogP contribution in [0.4, 0.5) is 0 Å². The second-order valence-electron chi connectivity index (χ2n) is 26.5. The van der Waals surface area contributed by atoms with Crippen LogP contribution in [0, 0.1) is 46.3 Å². The molecular formula is C56H90O29. The first-order valence-corrected chi connectivity index (χ1v) is 30.1. The van der Waals surface area contributed by atoms with Crippen LogP contribution in [0.2, 0.25) is 0 Å². The van der Waals surface area contributed by atoms with Gasteiger partial charge in [-0.2, -0.15) is 0 Å². The van der Waals surface area contributed by atoms with Gasteiger partial charge in [-0.3, -0.25) is 0 Å². The molecule has 29 heteroatoms. The molecule has 0 radical (unpaired) electrons. The summed E-state index contributed by atoms with van der Waals surface area (Å²) < 4.78 is 72.7. The summed E-state index contributed by atoms with van der Waals surface area (Å²) in [5.41, 5.74) is 0.335. The van der Waals surface area contributed by atoms with E-state index in [1.807, 2.05) is 0 Å². The number of ether oxygens (including phenoxy) is 12. The van der Waals surface area contributed by atoms with Crippen LogP contribution in [0.5, 0.6) is 0 Å². The van der Waals surface area contributed by atoms with Crippen LogP contribution in [0.15, 0.2) is 11.6 Å². The van der Waals surface area contributed by atoms with Crippen LogP contribution in [0.25, 0.3) is 0 Å². The Hall–Kier alpha value is -1.42. The van der Waals surface area contributed by atoms with Crippen LogP contribution in [-0.4, -0.2) is 304 Å². The molecule has 0 aromatic rings. The number of rotatable bonds is 14. The Morgan fingerprint density at radius 1 is 0.506 bits per heavy atom. The molecule has 0 bridgehead atoms. The summed E-state index contributed by atoms with van der Waals surface area (Å²) in [6.07, 6.45) is -41.9. The highest BCUT2D eigenvalue weighted by molar-refractivity contribution is 5.28.